The zero-order chi connectivity index (χ0) is 16.0. The van der Waals surface area contributed by atoms with Crippen LogP contribution < -0.4 is 5.32 Å². The average molecular weight is 293 g/mol. The molecule has 0 saturated carbocycles. The first-order valence-corrected chi connectivity index (χ1v) is 8.55. The monoisotopic (exact) mass is 293 g/mol. The van der Waals surface area contributed by atoms with Gasteiger partial charge in [-0.15, -0.1) is 0 Å². The van der Waals surface area contributed by atoms with Crippen LogP contribution in [0.5, 0.6) is 0 Å². The van der Waals surface area contributed by atoms with Crippen LogP contribution in [0.1, 0.15) is 73.0 Å². The summed E-state index contributed by atoms with van der Waals surface area (Å²) in [6.45, 7) is 16.9. The van der Waals surface area contributed by atoms with Gasteiger partial charge in [0.05, 0.1) is 11.7 Å². The molecule has 21 heavy (non-hydrogen) atoms. The minimum absolute atomic E-state index is 0.292. The molecule has 0 aromatic carbocycles. The van der Waals surface area contributed by atoms with Crippen molar-refractivity contribution in [2.45, 2.75) is 79.8 Å². The van der Waals surface area contributed by atoms with Crippen molar-refractivity contribution in [2.75, 3.05) is 6.54 Å². The van der Waals surface area contributed by atoms with Crippen molar-refractivity contribution in [3.05, 3.63) is 18.0 Å². The molecule has 1 N–H and O–H groups in total. The highest BCUT2D eigenvalue weighted by Crippen LogP contribution is 2.28. The van der Waals surface area contributed by atoms with E-state index in [9.17, 15) is 0 Å². The third kappa shape index (κ3) is 5.82. The molecule has 3 heteroatoms. The Morgan fingerprint density at radius 3 is 2.29 bits per heavy atom. The molecular formula is C18H35N3. The highest BCUT2D eigenvalue weighted by atomic mass is 15.3. The zero-order valence-electron chi connectivity index (χ0n) is 15.1. The van der Waals surface area contributed by atoms with Gasteiger partial charge < -0.3 is 5.32 Å². The number of hydrogen-bond donors (Lipinski definition) is 1. The molecule has 0 aliphatic rings. The molecule has 1 heterocycles. The van der Waals surface area contributed by atoms with Crippen LogP contribution >= 0.6 is 0 Å². The molecule has 1 aromatic rings. The van der Waals surface area contributed by atoms with Gasteiger partial charge in [-0.05, 0) is 43.2 Å². The Kier molecular flexibility index (Phi) is 6.92. The summed E-state index contributed by atoms with van der Waals surface area (Å²) in [6, 6.07) is 3.28. The van der Waals surface area contributed by atoms with Crippen molar-refractivity contribution in [1.82, 2.24) is 15.1 Å². The molecule has 0 fully saturated rings. The van der Waals surface area contributed by atoms with Crippen LogP contribution in [0.2, 0.25) is 0 Å². The van der Waals surface area contributed by atoms with Crippen LogP contribution in [0.15, 0.2) is 12.3 Å². The summed E-state index contributed by atoms with van der Waals surface area (Å²) in [5.41, 5.74) is 1.52. The van der Waals surface area contributed by atoms with Gasteiger partial charge in [-0.1, -0.05) is 48.5 Å². The molecule has 0 aliphatic carbocycles. The topological polar surface area (TPSA) is 29.9 Å². The fourth-order valence-electron chi connectivity index (χ4n) is 2.67. The Morgan fingerprint density at radius 1 is 1.19 bits per heavy atom. The van der Waals surface area contributed by atoms with E-state index in [1.54, 1.807) is 0 Å². The third-order valence-electron chi connectivity index (χ3n) is 4.43. The lowest BCUT2D eigenvalue weighted by atomic mass is 9.78. The molecular weight excluding hydrogens is 258 g/mol. The first-order valence-electron chi connectivity index (χ1n) is 8.55. The van der Waals surface area contributed by atoms with Gasteiger partial charge in [0.25, 0.3) is 0 Å². The smallest absolute Gasteiger partial charge is 0.0628 e. The van der Waals surface area contributed by atoms with Crippen molar-refractivity contribution < 1.29 is 0 Å². The van der Waals surface area contributed by atoms with Gasteiger partial charge in [-0.25, -0.2) is 0 Å². The van der Waals surface area contributed by atoms with E-state index in [2.05, 4.69) is 70.7 Å². The summed E-state index contributed by atoms with van der Waals surface area (Å²) in [7, 11) is 0. The maximum absolute atomic E-state index is 4.82. The predicted octanol–water partition coefficient (Wildman–Crippen LogP) is 4.45. The van der Waals surface area contributed by atoms with E-state index in [4.69, 9.17) is 5.10 Å². The van der Waals surface area contributed by atoms with Crippen molar-refractivity contribution >= 4 is 0 Å². The summed E-state index contributed by atoms with van der Waals surface area (Å²) in [5, 5.41) is 8.41. The molecule has 0 aliphatic heterocycles. The summed E-state index contributed by atoms with van der Waals surface area (Å²) in [5.74, 6) is 0.602. The largest absolute Gasteiger partial charge is 0.314 e. The van der Waals surface area contributed by atoms with Crippen LogP contribution in [0.4, 0.5) is 0 Å². The molecule has 1 rings (SSSR count). The SMILES string of the molecule is CCC(CC)n1ccc(CC(CNC(C)C)C(C)(C)C)n1. The van der Waals surface area contributed by atoms with Gasteiger partial charge in [0.2, 0.25) is 0 Å². The van der Waals surface area contributed by atoms with Crippen molar-refractivity contribution in [2.24, 2.45) is 11.3 Å². The second kappa shape index (κ2) is 7.98. The summed E-state index contributed by atoms with van der Waals surface area (Å²) in [4.78, 5) is 0. The van der Waals surface area contributed by atoms with E-state index in [0.29, 0.717) is 23.4 Å². The lowest BCUT2D eigenvalue weighted by Gasteiger charge is -2.31. The predicted molar refractivity (Wildman–Crippen MR) is 91.6 cm³/mol. The zero-order valence-corrected chi connectivity index (χ0v) is 15.1. The molecule has 0 spiro atoms. The normalized spacial score (nSPS) is 14.1. The minimum Gasteiger partial charge on any atom is -0.314 e. The average Bonchev–Trinajstić information content (AvgIpc) is 2.83. The Morgan fingerprint density at radius 2 is 1.81 bits per heavy atom. The maximum Gasteiger partial charge on any atom is 0.0628 e. The quantitative estimate of drug-likeness (QED) is 0.767. The first kappa shape index (κ1) is 18.2. The van der Waals surface area contributed by atoms with E-state index < -0.39 is 0 Å². The van der Waals surface area contributed by atoms with E-state index in [1.807, 2.05) is 0 Å². The molecule has 0 amide bonds. The maximum atomic E-state index is 4.82. The Bertz CT molecular complexity index is 397. The highest BCUT2D eigenvalue weighted by Gasteiger charge is 2.25. The van der Waals surface area contributed by atoms with Gasteiger partial charge in [-0.3, -0.25) is 4.68 Å². The van der Waals surface area contributed by atoms with Crippen LogP contribution in [0.3, 0.4) is 0 Å². The molecule has 1 unspecified atom stereocenters. The number of nitrogens with zero attached hydrogens (tertiary/aromatic N) is 2. The standard InChI is InChI=1S/C18H35N3/c1-8-17(9-2)21-11-10-16(20-21)12-15(18(5,6)7)13-19-14(3)4/h10-11,14-15,17,19H,8-9,12-13H2,1-7H3. The summed E-state index contributed by atoms with van der Waals surface area (Å²) < 4.78 is 2.16. The Balaban J connectivity index is 2.75. The van der Waals surface area contributed by atoms with Crippen LogP contribution in [-0.4, -0.2) is 22.4 Å². The molecule has 1 atom stereocenters. The number of rotatable bonds is 8. The van der Waals surface area contributed by atoms with Crippen molar-refractivity contribution in [1.29, 1.82) is 0 Å². The first-order chi connectivity index (χ1) is 9.77. The van der Waals surface area contributed by atoms with Crippen molar-refractivity contribution in [3.8, 4) is 0 Å². The van der Waals surface area contributed by atoms with E-state index in [1.165, 1.54) is 5.69 Å². The molecule has 0 saturated heterocycles. The minimum atomic E-state index is 0.292. The van der Waals surface area contributed by atoms with Gasteiger partial charge in [0, 0.05) is 12.2 Å². The number of nitrogens with one attached hydrogen (secondary N) is 1. The second-order valence-corrected chi connectivity index (χ2v) is 7.59. The molecule has 3 nitrogen and oxygen atoms in total. The molecule has 122 valence electrons. The summed E-state index contributed by atoms with van der Waals surface area (Å²) >= 11 is 0. The van der Waals surface area contributed by atoms with Crippen LogP contribution in [0, 0.1) is 11.3 Å². The van der Waals surface area contributed by atoms with Crippen LogP contribution in [0.25, 0.3) is 0 Å². The van der Waals surface area contributed by atoms with Gasteiger partial charge in [-0.2, -0.15) is 5.10 Å². The Labute approximate surface area is 131 Å². The summed E-state index contributed by atoms with van der Waals surface area (Å²) in [6.07, 6.45) is 5.50. The van der Waals surface area contributed by atoms with E-state index in [-0.39, 0.29) is 0 Å². The number of aromatic nitrogens is 2. The lowest BCUT2D eigenvalue weighted by molar-refractivity contribution is 0.224. The fourth-order valence-corrected chi connectivity index (χ4v) is 2.67. The van der Waals surface area contributed by atoms with Gasteiger partial charge in [0.1, 0.15) is 0 Å². The lowest BCUT2D eigenvalue weighted by Crippen LogP contribution is -2.36. The fraction of sp³-hybridized carbons (Fsp3) is 0.833. The van der Waals surface area contributed by atoms with Crippen molar-refractivity contribution in [3.63, 3.8) is 0 Å². The second-order valence-electron chi connectivity index (χ2n) is 7.59. The molecule has 1 aromatic heterocycles. The molecule has 0 bridgehead atoms. The van der Waals surface area contributed by atoms with Crippen LogP contribution in [-0.2, 0) is 6.42 Å². The van der Waals surface area contributed by atoms with Gasteiger partial charge >= 0.3 is 0 Å². The number of hydrogen-bond acceptors (Lipinski definition) is 2. The van der Waals surface area contributed by atoms with E-state index >= 15 is 0 Å². The third-order valence-corrected chi connectivity index (χ3v) is 4.43. The van der Waals surface area contributed by atoms with E-state index in [0.717, 1.165) is 25.8 Å². The highest BCUT2D eigenvalue weighted by molar-refractivity contribution is 5.02. The van der Waals surface area contributed by atoms with Gasteiger partial charge in [0.15, 0.2) is 0 Å². The molecule has 0 radical (unpaired) electrons. The Hall–Kier alpha value is -0.830.